The van der Waals surface area contributed by atoms with Gasteiger partial charge in [-0.1, -0.05) is 0 Å². The molecule has 102 valence electrons. The topological polar surface area (TPSA) is 69.7 Å². The number of thiophene rings is 1. The molecule has 1 rings (SSSR count). The molecule has 18 heavy (non-hydrogen) atoms. The summed E-state index contributed by atoms with van der Waals surface area (Å²) in [6, 6.07) is 0. The zero-order valence-electron chi connectivity index (χ0n) is 9.93. The summed E-state index contributed by atoms with van der Waals surface area (Å²) in [5, 5.41) is 1.43. The van der Waals surface area contributed by atoms with Gasteiger partial charge in [0, 0.05) is 36.2 Å². The summed E-state index contributed by atoms with van der Waals surface area (Å²) in [6.45, 7) is 2.25. The third kappa shape index (κ3) is 3.94. The third-order valence-corrected chi connectivity index (χ3v) is 5.47. The molecule has 0 aliphatic carbocycles. The molecule has 0 aliphatic heterocycles. The maximum Gasteiger partial charge on any atom is 0.339 e. The first-order chi connectivity index (χ1) is 8.38. The molecule has 8 heteroatoms. The zero-order valence-corrected chi connectivity index (χ0v) is 12.3. The summed E-state index contributed by atoms with van der Waals surface area (Å²) in [5.74, 6) is -0.550. The molecular formula is C10H13ClO5S2. The molecule has 1 aromatic rings. The second-order valence-corrected chi connectivity index (χ2v) is 7.12. The van der Waals surface area contributed by atoms with Crippen LogP contribution < -0.4 is 0 Å². The van der Waals surface area contributed by atoms with E-state index in [2.05, 4.69) is 0 Å². The van der Waals surface area contributed by atoms with Crippen LogP contribution in [0.3, 0.4) is 0 Å². The van der Waals surface area contributed by atoms with Crippen LogP contribution in [0, 0.1) is 6.92 Å². The number of hydrogen-bond donors (Lipinski definition) is 0. The Kier molecular flexibility index (Phi) is 5.58. The minimum Gasteiger partial charge on any atom is -0.462 e. The second-order valence-electron chi connectivity index (χ2n) is 3.48. The Hall–Kier alpha value is -0.630. The lowest BCUT2D eigenvalue weighted by molar-refractivity contribution is 0.0468. The van der Waals surface area contributed by atoms with E-state index in [1.165, 1.54) is 12.3 Å². The van der Waals surface area contributed by atoms with Crippen LogP contribution in [0.1, 0.15) is 22.3 Å². The van der Waals surface area contributed by atoms with E-state index in [-0.39, 0.29) is 16.4 Å². The van der Waals surface area contributed by atoms with Crippen LogP contribution in [0.4, 0.5) is 0 Å². The number of hydrogen-bond acceptors (Lipinski definition) is 6. The summed E-state index contributed by atoms with van der Waals surface area (Å²) in [6.07, 6.45) is 0.589. The van der Waals surface area contributed by atoms with Gasteiger partial charge in [-0.2, -0.15) is 0 Å². The summed E-state index contributed by atoms with van der Waals surface area (Å²) in [4.78, 5) is 11.7. The smallest absolute Gasteiger partial charge is 0.339 e. The molecule has 0 atom stereocenters. The van der Waals surface area contributed by atoms with E-state index < -0.39 is 15.0 Å². The number of methoxy groups -OCH3 is 1. The lowest BCUT2D eigenvalue weighted by Crippen LogP contribution is -2.08. The first-order valence-corrected chi connectivity index (χ1v) is 8.25. The fourth-order valence-corrected chi connectivity index (χ4v) is 3.83. The maximum atomic E-state index is 11.7. The zero-order chi connectivity index (χ0) is 13.8. The van der Waals surface area contributed by atoms with E-state index in [0.717, 1.165) is 11.3 Å². The third-order valence-electron chi connectivity index (χ3n) is 2.16. The average molecular weight is 313 g/mol. The van der Waals surface area contributed by atoms with Gasteiger partial charge in [0.25, 0.3) is 9.05 Å². The van der Waals surface area contributed by atoms with Gasteiger partial charge in [-0.05, 0) is 12.5 Å². The predicted octanol–water partition coefficient (Wildman–Crippen LogP) is 2.18. The highest BCUT2D eigenvalue weighted by atomic mass is 35.7. The van der Waals surface area contributed by atoms with E-state index in [1.54, 1.807) is 7.11 Å². The van der Waals surface area contributed by atoms with E-state index in [4.69, 9.17) is 20.2 Å². The Morgan fingerprint density at radius 3 is 2.61 bits per heavy atom. The Morgan fingerprint density at radius 2 is 2.11 bits per heavy atom. The normalized spacial score (nSPS) is 11.5. The second kappa shape index (κ2) is 6.51. The summed E-state index contributed by atoms with van der Waals surface area (Å²) < 4.78 is 32.2. The Bertz CT molecular complexity index is 520. The Morgan fingerprint density at radius 1 is 1.44 bits per heavy atom. The number of carbonyl (C=O) groups excluding carboxylic acids is 1. The van der Waals surface area contributed by atoms with Crippen molar-refractivity contribution in [2.24, 2.45) is 0 Å². The highest BCUT2D eigenvalue weighted by Gasteiger charge is 2.22. The van der Waals surface area contributed by atoms with Gasteiger partial charge < -0.3 is 9.47 Å². The van der Waals surface area contributed by atoms with Crippen molar-refractivity contribution in [3.05, 3.63) is 16.5 Å². The van der Waals surface area contributed by atoms with Gasteiger partial charge in [-0.3, -0.25) is 0 Å². The lowest BCUT2D eigenvalue weighted by Gasteiger charge is -2.04. The molecule has 5 nitrogen and oxygen atoms in total. The SMILES string of the molecule is COCCCOC(=O)c1csc(S(=O)(=O)Cl)c1C. The van der Waals surface area contributed by atoms with E-state index >= 15 is 0 Å². The minimum atomic E-state index is -3.81. The summed E-state index contributed by atoms with van der Waals surface area (Å²) in [5.41, 5.74) is 0.559. The predicted molar refractivity (Wildman–Crippen MR) is 68.9 cm³/mol. The van der Waals surface area contributed by atoms with Crippen LogP contribution in [0.5, 0.6) is 0 Å². The van der Waals surface area contributed by atoms with Crippen molar-refractivity contribution in [3.63, 3.8) is 0 Å². The minimum absolute atomic E-state index is 0.0204. The van der Waals surface area contributed by atoms with Gasteiger partial charge in [-0.15, -0.1) is 11.3 Å². The molecule has 0 aromatic carbocycles. The molecule has 0 unspecified atom stereocenters. The molecular weight excluding hydrogens is 300 g/mol. The molecule has 0 saturated heterocycles. The molecule has 1 aromatic heterocycles. The first kappa shape index (κ1) is 15.4. The van der Waals surface area contributed by atoms with Gasteiger partial charge in [0.15, 0.2) is 0 Å². The maximum absolute atomic E-state index is 11.7. The largest absolute Gasteiger partial charge is 0.462 e. The van der Waals surface area contributed by atoms with Gasteiger partial charge in [0.2, 0.25) is 0 Å². The fourth-order valence-electron chi connectivity index (χ4n) is 1.29. The first-order valence-electron chi connectivity index (χ1n) is 5.06. The molecule has 0 fully saturated rings. The van der Waals surface area contributed by atoms with Crippen molar-refractivity contribution >= 4 is 37.0 Å². The van der Waals surface area contributed by atoms with Crippen LogP contribution in [-0.4, -0.2) is 34.7 Å². The van der Waals surface area contributed by atoms with Crippen molar-refractivity contribution in [3.8, 4) is 0 Å². The van der Waals surface area contributed by atoms with Crippen molar-refractivity contribution in [2.75, 3.05) is 20.3 Å². The number of halogens is 1. The van der Waals surface area contributed by atoms with Crippen LogP contribution in [0.25, 0.3) is 0 Å². The highest BCUT2D eigenvalue weighted by molar-refractivity contribution is 8.15. The van der Waals surface area contributed by atoms with Crippen molar-refractivity contribution in [1.29, 1.82) is 0 Å². The van der Waals surface area contributed by atoms with Crippen molar-refractivity contribution < 1.29 is 22.7 Å². The average Bonchev–Trinajstić information content (AvgIpc) is 2.66. The summed E-state index contributed by atoms with van der Waals surface area (Å²) in [7, 11) is 2.99. The number of ether oxygens (including phenoxy) is 2. The van der Waals surface area contributed by atoms with Gasteiger partial charge in [-0.25, -0.2) is 13.2 Å². The Labute approximate surface area is 114 Å². The van der Waals surface area contributed by atoms with E-state index in [9.17, 15) is 13.2 Å². The van der Waals surface area contributed by atoms with Crippen molar-refractivity contribution in [2.45, 2.75) is 17.6 Å². The van der Waals surface area contributed by atoms with Crippen LogP contribution in [-0.2, 0) is 18.5 Å². The molecule has 0 amide bonds. The molecule has 0 radical (unpaired) electrons. The molecule has 0 aliphatic rings. The van der Waals surface area contributed by atoms with Crippen LogP contribution in [0.15, 0.2) is 9.59 Å². The molecule has 1 heterocycles. The molecule has 0 N–H and O–H groups in total. The van der Waals surface area contributed by atoms with E-state index in [0.29, 0.717) is 18.6 Å². The van der Waals surface area contributed by atoms with Crippen molar-refractivity contribution in [1.82, 2.24) is 0 Å². The molecule has 0 spiro atoms. The monoisotopic (exact) mass is 312 g/mol. The highest BCUT2D eigenvalue weighted by Crippen LogP contribution is 2.29. The molecule has 0 saturated carbocycles. The quantitative estimate of drug-likeness (QED) is 0.457. The number of esters is 1. The molecule has 0 bridgehead atoms. The van der Waals surface area contributed by atoms with Gasteiger partial charge in [0.1, 0.15) is 4.21 Å². The van der Waals surface area contributed by atoms with E-state index in [1.807, 2.05) is 0 Å². The van der Waals surface area contributed by atoms with Crippen LogP contribution >= 0.6 is 22.0 Å². The van der Waals surface area contributed by atoms with Gasteiger partial charge >= 0.3 is 5.97 Å². The standard InChI is InChI=1S/C10H13ClO5S2/c1-7-8(6-17-10(7)18(11,13)14)9(12)16-5-3-4-15-2/h6H,3-5H2,1-2H3. The lowest BCUT2D eigenvalue weighted by atomic mass is 10.2. The number of rotatable bonds is 6. The Balaban J connectivity index is 2.73. The van der Waals surface area contributed by atoms with Gasteiger partial charge in [0.05, 0.1) is 12.2 Å². The van der Waals surface area contributed by atoms with Crippen LogP contribution in [0.2, 0.25) is 0 Å². The fraction of sp³-hybridized carbons (Fsp3) is 0.500. The number of carbonyl (C=O) groups is 1. The summed E-state index contributed by atoms with van der Waals surface area (Å²) >= 11 is 0.910.